The second-order valence-electron chi connectivity index (χ2n) is 9.20. The van der Waals surface area contributed by atoms with Gasteiger partial charge in [0.05, 0.1) is 19.1 Å². The molecule has 190 valence electrons. The largest absolute Gasteiger partial charge is 0.494 e. The monoisotopic (exact) mass is 497 g/mol. The topological polar surface area (TPSA) is 89.3 Å². The van der Waals surface area contributed by atoms with Crippen molar-refractivity contribution >= 4 is 22.9 Å². The number of rotatable bonds is 8. The van der Waals surface area contributed by atoms with E-state index in [4.69, 9.17) is 9.72 Å². The fourth-order valence-corrected chi connectivity index (χ4v) is 4.84. The van der Waals surface area contributed by atoms with Crippen molar-refractivity contribution in [2.75, 3.05) is 24.6 Å². The van der Waals surface area contributed by atoms with E-state index in [1.165, 1.54) is 0 Å². The minimum absolute atomic E-state index is 0.0249. The highest BCUT2D eigenvalue weighted by Crippen LogP contribution is 2.23. The number of nitrogens with zero attached hydrogens (tertiary/aromatic N) is 4. The number of pyridine rings is 1. The first-order valence-corrected chi connectivity index (χ1v) is 12.8. The van der Waals surface area contributed by atoms with E-state index in [0.717, 1.165) is 29.7 Å². The number of nitrogens with one attached hydrogen (secondary N) is 1. The number of amides is 1. The number of benzene rings is 2. The quantitative estimate of drug-likeness (QED) is 0.399. The highest BCUT2D eigenvalue weighted by atomic mass is 16.5. The van der Waals surface area contributed by atoms with Gasteiger partial charge in [0, 0.05) is 31.4 Å². The van der Waals surface area contributed by atoms with Crippen LogP contribution in [0.5, 0.6) is 5.75 Å². The molecule has 0 radical (unpaired) electrons. The normalized spacial score (nSPS) is 15.5. The Hall–Kier alpha value is -4.20. The molecule has 1 fully saturated rings. The van der Waals surface area contributed by atoms with Crippen molar-refractivity contribution in [1.29, 1.82) is 0 Å². The molecule has 8 heteroatoms. The molecule has 0 saturated carbocycles. The van der Waals surface area contributed by atoms with Gasteiger partial charge in [0.2, 0.25) is 5.91 Å². The van der Waals surface area contributed by atoms with Crippen molar-refractivity contribution < 1.29 is 9.53 Å². The minimum Gasteiger partial charge on any atom is -0.494 e. The molecule has 3 heterocycles. The van der Waals surface area contributed by atoms with E-state index in [-0.39, 0.29) is 17.4 Å². The molecule has 5 rings (SSSR count). The summed E-state index contributed by atoms with van der Waals surface area (Å²) in [6.45, 7) is 4.43. The molecular formula is C29H31N5O3. The summed E-state index contributed by atoms with van der Waals surface area (Å²) in [4.78, 5) is 37.9. The smallest absolute Gasteiger partial charge is 0.295 e. The van der Waals surface area contributed by atoms with Crippen LogP contribution in [-0.2, 0) is 17.9 Å². The summed E-state index contributed by atoms with van der Waals surface area (Å²) >= 11 is 0. The number of hydrogen-bond acceptors (Lipinski definition) is 6. The van der Waals surface area contributed by atoms with Gasteiger partial charge in [0.25, 0.3) is 5.56 Å². The van der Waals surface area contributed by atoms with E-state index in [9.17, 15) is 9.59 Å². The van der Waals surface area contributed by atoms with Gasteiger partial charge in [-0.15, -0.1) is 0 Å². The van der Waals surface area contributed by atoms with Gasteiger partial charge in [-0.2, -0.15) is 0 Å². The van der Waals surface area contributed by atoms with Gasteiger partial charge in [0.1, 0.15) is 11.3 Å². The molecule has 0 unspecified atom stereocenters. The number of aromatic nitrogens is 3. The Labute approximate surface area is 215 Å². The van der Waals surface area contributed by atoms with Crippen LogP contribution in [0, 0.1) is 5.92 Å². The first-order valence-electron chi connectivity index (χ1n) is 12.8. The zero-order valence-corrected chi connectivity index (χ0v) is 21.0. The molecule has 8 nitrogen and oxygen atoms in total. The molecule has 0 spiro atoms. The lowest BCUT2D eigenvalue weighted by molar-refractivity contribution is -0.125. The average molecular weight is 498 g/mol. The average Bonchev–Trinajstić information content (AvgIpc) is 2.94. The van der Waals surface area contributed by atoms with Gasteiger partial charge in [-0.1, -0.05) is 48.5 Å². The van der Waals surface area contributed by atoms with E-state index in [1.54, 1.807) is 10.8 Å². The summed E-state index contributed by atoms with van der Waals surface area (Å²) in [5.41, 5.74) is 2.98. The summed E-state index contributed by atoms with van der Waals surface area (Å²) < 4.78 is 7.36. The van der Waals surface area contributed by atoms with Crippen LogP contribution in [0.4, 0.5) is 5.82 Å². The summed E-state index contributed by atoms with van der Waals surface area (Å²) in [5.74, 6) is 0.892. The molecule has 1 saturated heterocycles. The summed E-state index contributed by atoms with van der Waals surface area (Å²) in [7, 11) is 0. The second kappa shape index (κ2) is 11.2. The SMILES string of the molecule is CCOc1ccccc1CNC(=O)[C@@H]1CCCN(c2nc3cccnc3n(Cc3ccccc3)c2=O)C1. The molecule has 1 amide bonds. The van der Waals surface area contributed by atoms with Gasteiger partial charge in [-0.3, -0.25) is 14.2 Å². The van der Waals surface area contributed by atoms with Gasteiger partial charge in [0.15, 0.2) is 11.5 Å². The number of ether oxygens (including phenoxy) is 1. The lowest BCUT2D eigenvalue weighted by atomic mass is 9.97. The summed E-state index contributed by atoms with van der Waals surface area (Å²) in [6.07, 6.45) is 3.25. The maximum Gasteiger partial charge on any atom is 0.295 e. The van der Waals surface area contributed by atoms with Gasteiger partial charge >= 0.3 is 0 Å². The van der Waals surface area contributed by atoms with Crippen LogP contribution in [0.3, 0.4) is 0 Å². The van der Waals surface area contributed by atoms with Gasteiger partial charge in [-0.05, 0) is 43.5 Å². The number of carbonyl (C=O) groups excluding carboxylic acids is 1. The van der Waals surface area contributed by atoms with Crippen molar-refractivity contribution in [2.24, 2.45) is 5.92 Å². The standard InChI is InChI=1S/C29H31N5O3/c1-2-37-25-15-7-6-12-22(25)18-31-28(35)23-13-9-17-33(20-23)27-29(36)34(19-21-10-4-3-5-11-21)26-24(32-27)14-8-16-30-26/h3-8,10-12,14-16,23H,2,9,13,17-20H2,1H3,(H,31,35)/t23-/m1/s1. The third-order valence-corrected chi connectivity index (χ3v) is 6.69. The zero-order valence-electron chi connectivity index (χ0n) is 21.0. The number of anilines is 1. The van der Waals surface area contributed by atoms with Crippen LogP contribution in [0.1, 0.15) is 30.9 Å². The molecule has 4 aromatic rings. The molecule has 1 aliphatic heterocycles. The molecule has 0 bridgehead atoms. The fraction of sp³-hybridized carbons (Fsp3) is 0.310. The Morgan fingerprint density at radius 2 is 1.89 bits per heavy atom. The van der Waals surface area contributed by atoms with Crippen molar-refractivity contribution in [3.05, 3.63) is 94.4 Å². The van der Waals surface area contributed by atoms with Crippen molar-refractivity contribution in [2.45, 2.75) is 32.9 Å². The summed E-state index contributed by atoms with van der Waals surface area (Å²) in [5, 5.41) is 3.07. The molecule has 2 aromatic heterocycles. The van der Waals surface area contributed by atoms with Crippen LogP contribution in [0.25, 0.3) is 11.2 Å². The minimum atomic E-state index is -0.235. The Morgan fingerprint density at radius 3 is 2.73 bits per heavy atom. The van der Waals surface area contributed by atoms with Crippen LogP contribution in [0.15, 0.2) is 77.7 Å². The third kappa shape index (κ3) is 5.48. The number of para-hydroxylation sites is 1. The Morgan fingerprint density at radius 1 is 1.08 bits per heavy atom. The maximum absolute atomic E-state index is 13.7. The van der Waals surface area contributed by atoms with E-state index in [2.05, 4.69) is 10.3 Å². The Bertz CT molecular complexity index is 1440. The molecule has 2 aromatic carbocycles. The first-order chi connectivity index (χ1) is 18.1. The van der Waals surface area contributed by atoms with Gasteiger partial charge < -0.3 is 15.0 Å². The predicted octanol–water partition coefficient (Wildman–Crippen LogP) is 3.77. The van der Waals surface area contributed by atoms with Crippen molar-refractivity contribution in [3.63, 3.8) is 0 Å². The van der Waals surface area contributed by atoms with E-state index in [1.807, 2.05) is 78.6 Å². The summed E-state index contributed by atoms with van der Waals surface area (Å²) in [6, 6.07) is 21.3. The highest BCUT2D eigenvalue weighted by Gasteiger charge is 2.29. The Kier molecular flexibility index (Phi) is 7.44. The molecule has 1 aliphatic rings. The zero-order chi connectivity index (χ0) is 25.6. The number of hydrogen-bond donors (Lipinski definition) is 1. The molecule has 1 atom stereocenters. The predicted molar refractivity (Wildman–Crippen MR) is 144 cm³/mol. The molecular weight excluding hydrogens is 466 g/mol. The molecule has 0 aliphatic carbocycles. The van der Waals surface area contributed by atoms with E-state index in [0.29, 0.717) is 49.8 Å². The number of piperidine rings is 1. The Balaban J connectivity index is 1.36. The third-order valence-electron chi connectivity index (χ3n) is 6.69. The van der Waals surface area contributed by atoms with Crippen LogP contribution in [0.2, 0.25) is 0 Å². The van der Waals surface area contributed by atoms with Crippen molar-refractivity contribution in [1.82, 2.24) is 19.9 Å². The lowest BCUT2D eigenvalue weighted by Crippen LogP contribution is -2.45. The molecule has 37 heavy (non-hydrogen) atoms. The first kappa shape index (κ1) is 24.5. The van der Waals surface area contributed by atoms with E-state index >= 15 is 0 Å². The van der Waals surface area contributed by atoms with Crippen LogP contribution >= 0.6 is 0 Å². The van der Waals surface area contributed by atoms with Crippen molar-refractivity contribution in [3.8, 4) is 5.75 Å². The van der Waals surface area contributed by atoms with Crippen LogP contribution in [-0.4, -0.2) is 40.1 Å². The van der Waals surface area contributed by atoms with Crippen LogP contribution < -0.4 is 20.5 Å². The number of carbonyl (C=O) groups is 1. The maximum atomic E-state index is 13.7. The lowest BCUT2D eigenvalue weighted by Gasteiger charge is -2.32. The number of fused-ring (bicyclic) bond motifs is 1. The molecule has 1 N–H and O–H groups in total. The van der Waals surface area contributed by atoms with E-state index < -0.39 is 0 Å². The fourth-order valence-electron chi connectivity index (χ4n) is 4.84. The van der Waals surface area contributed by atoms with Gasteiger partial charge in [-0.25, -0.2) is 9.97 Å². The second-order valence-corrected chi connectivity index (χ2v) is 9.20. The highest BCUT2D eigenvalue weighted by molar-refractivity contribution is 5.80.